The summed E-state index contributed by atoms with van der Waals surface area (Å²) in [6.45, 7) is 1.91. The van der Waals surface area contributed by atoms with Crippen molar-refractivity contribution in [2.24, 2.45) is 0 Å². The van der Waals surface area contributed by atoms with E-state index in [2.05, 4.69) is 23.9 Å². The number of nitrogens with zero attached hydrogens (tertiary/aromatic N) is 2. The summed E-state index contributed by atoms with van der Waals surface area (Å²) in [5.74, 6) is -0.945. The number of hydrogen-bond acceptors (Lipinski definition) is 3. The van der Waals surface area contributed by atoms with Crippen molar-refractivity contribution in [3.8, 4) is 0 Å². The molecule has 5 heteroatoms. The second-order valence-corrected chi connectivity index (χ2v) is 5.56. The molecule has 1 aliphatic rings. The van der Waals surface area contributed by atoms with Crippen LogP contribution in [0.5, 0.6) is 0 Å². The number of aromatic carboxylic acids is 1. The van der Waals surface area contributed by atoms with Crippen molar-refractivity contribution in [3.05, 3.63) is 28.8 Å². The number of rotatable bonds is 3. The monoisotopic (exact) mass is 282 g/mol. The predicted octanol–water partition coefficient (Wildman–Crippen LogP) is 2.57. The van der Waals surface area contributed by atoms with Gasteiger partial charge in [0.2, 0.25) is 0 Å². The molecule has 0 amide bonds. The van der Waals surface area contributed by atoms with Crippen molar-refractivity contribution >= 4 is 23.3 Å². The third kappa shape index (κ3) is 3.19. The van der Waals surface area contributed by atoms with Crippen LogP contribution in [0.3, 0.4) is 0 Å². The molecule has 1 N–H and O–H groups in total. The Kier molecular flexibility index (Phi) is 4.32. The second-order valence-electron chi connectivity index (χ2n) is 5.15. The van der Waals surface area contributed by atoms with E-state index in [1.54, 1.807) is 6.07 Å². The van der Waals surface area contributed by atoms with Crippen molar-refractivity contribution < 1.29 is 9.90 Å². The Morgan fingerprint density at radius 1 is 1.37 bits per heavy atom. The second kappa shape index (κ2) is 5.80. The average Bonchev–Trinajstić information content (AvgIpc) is 2.38. The number of hydrogen-bond donors (Lipinski definition) is 1. The van der Waals surface area contributed by atoms with Crippen LogP contribution >= 0.6 is 11.6 Å². The Balaban J connectivity index is 2.09. The van der Waals surface area contributed by atoms with Crippen LogP contribution < -0.4 is 4.90 Å². The van der Waals surface area contributed by atoms with E-state index in [-0.39, 0.29) is 5.56 Å². The molecule has 1 aromatic rings. The first-order valence-electron chi connectivity index (χ1n) is 6.43. The lowest BCUT2D eigenvalue weighted by Crippen LogP contribution is -2.42. The first kappa shape index (κ1) is 14.2. The van der Waals surface area contributed by atoms with Crippen LogP contribution in [0.1, 0.15) is 23.2 Å². The number of benzene rings is 1. The van der Waals surface area contributed by atoms with Crippen molar-refractivity contribution in [2.45, 2.75) is 18.9 Å². The van der Waals surface area contributed by atoms with Gasteiger partial charge in [0.05, 0.1) is 16.3 Å². The third-order valence-electron chi connectivity index (χ3n) is 3.73. The molecular formula is C14H19ClN2O2. The lowest BCUT2D eigenvalue weighted by molar-refractivity contribution is 0.0697. The van der Waals surface area contributed by atoms with E-state index < -0.39 is 5.97 Å². The normalized spacial score (nSPS) is 16.9. The molecule has 0 atom stereocenters. The summed E-state index contributed by atoms with van der Waals surface area (Å²) in [7, 11) is 4.21. The topological polar surface area (TPSA) is 43.8 Å². The summed E-state index contributed by atoms with van der Waals surface area (Å²) in [5, 5.41) is 9.45. The van der Waals surface area contributed by atoms with Crippen molar-refractivity contribution in [2.75, 3.05) is 32.1 Å². The van der Waals surface area contributed by atoms with Gasteiger partial charge in [0, 0.05) is 19.1 Å². The predicted molar refractivity (Wildman–Crippen MR) is 77.3 cm³/mol. The smallest absolute Gasteiger partial charge is 0.335 e. The van der Waals surface area contributed by atoms with Crippen molar-refractivity contribution in [3.63, 3.8) is 0 Å². The minimum atomic E-state index is -0.945. The molecule has 1 heterocycles. The van der Waals surface area contributed by atoms with Gasteiger partial charge in [0.1, 0.15) is 0 Å². The van der Waals surface area contributed by atoms with E-state index >= 15 is 0 Å². The quantitative estimate of drug-likeness (QED) is 0.925. The molecule has 1 fully saturated rings. The Morgan fingerprint density at radius 2 is 2.00 bits per heavy atom. The molecule has 0 aromatic heterocycles. The number of carboxylic acids is 1. The number of anilines is 1. The SMILES string of the molecule is CN(C)C1CCN(c2ccc(C(=O)O)cc2Cl)CC1. The van der Waals surface area contributed by atoms with Crippen LogP contribution in [0.4, 0.5) is 5.69 Å². The molecule has 0 spiro atoms. The zero-order valence-corrected chi connectivity index (χ0v) is 12.0. The molecule has 19 heavy (non-hydrogen) atoms. The molecule has 4 nitrogen and oxygen atoms in total. The standard InChI is InChI=1S/C14H19ClN2O2/c1-16(2)11-5-7-17(8-6-11)13-4-3-10(14(18)19)9-12(13)15/h3-4,9,11H,5-8H2,1-2H3,(H,18,19). The van der Waals surface area contributed by atoms with Gasteiger partial charge in [-0.15, -0.1) is 0 Å². The zero-order chi connectivity index (χ0) is 14.0. The van der Waals surface area contributed by atoms with Crippen LogP contribution in [-0.4, -0.2) is 49.2 Å². The summed E-state index contributed by atoms with van der Waals surface area (Å²) in [4.78, 5) is 15.4. The molecule has 104 valence electrons. The van der Waals surface area contributed by atoms with Crippen molar-refractivity contribution in [1.29, 1.82) is 0 Å². The molecule has 0 radical (unpaired) electrons. The van der Waals surface area contributed by atoms with Gasteiger partial charge < -0.3 is 14.9 Å². The van der Waals surface area contributed by atoms with Crippen LogP contribution in [0.25, 0.3) is 0 Å². The fraction of sp³-hybridized carbons (Fsp3) is 0.500. The maximum atomic E-state index is 10.9. The fourth-order valence-corrected chi connectivity index (χ4v) is 2.82. The molecule has 1 saturated heterocycles. The average molecular weight is 283 g/mol. The van der Waals surface area contributed by atoms with Crippen LogP contribution in [0.15, 0.2) is 18.2 Å². The molecule has 0 bridgehead atoms. The summed E-state index contributed by atoms with van der Waals surface area (Å²) < 4.78 is 0. The largest absolute Gasteiger partial charge is 0.478 e. The fourth-order valence-electron chi connectivity index (χ4n) is 2.52. The minimum absolute atomic E-state index is 0.233. The maximum absolute atomic E-state index is 10.9. The van der Waals surface area contributed by atoms with E-state index in [1.165, 1.54) is 6.07 Å². The summed E-state index contributed by atoms with van der Waals surface area (Å²) in [6, 6.07) is 5.56. The van der Waals surface area contributed by atoms with Gasteiger partial charge in [-0.3, -0.25) is 0 Å². The van der Waals surface area contributed by atoms with Gasteiger partial charge >= 0.3 is 5.97 Å². The first-order valence-corrected chi connectivity index (χ1v) is 6.81. The van der Waals surface area contributed by atoms with Gasteiger partial charge in [0.25, 0.3) is 0 Å². The van der Waals surface area contributed by atoms with Crippen LogP contribution in [0, 0.1) is 0 Å². The number of halogens is 1. The lowest BCUT2D eigenvalue weighted by atomic mass is 10.0. The zero-order valence-electron chi connectivity index (χ0n) is 11.3. The van der Waals surface area contributed by atoms with Gasteiger partial charge in [-0.2, -0.15) is 0 Å². The molecule has 2 rings (SSSR count). The number of carboxylic acid groups (broad SMARTS) is 1. The van der Waals surface area contributed by atoms with Gasteiger partial charge in [-0.25, -0.2) is 4.79 Å². The van der Waals surface area contributed by atoms with Gasteiger partial charge in [-0.05, 0) is 45.1 Å². The summed E-state index contributed by atoms with van der Waals surface area (Å²) in [5.41, 5.74) is 1.17. The van der Waals surface area contributed by atoms with E-state index in [0.29, 0.717) is 11.1 Å². The minimum Gasteiger partial charge on any atom is -0.478 e. The highest BCUT2D eigenvalue weighted by Gasteiger charge is 2.22. The van der Waals surface area contributed by atoms with Crippen LogP contribution in [-0.2, 0) is 0 Å². The highest BCUT2D eigenvalue weighted by Crippen LogP contribution is 2.29. The van der Waals surface area contributed by atoms with Gasteiger partial charge in [0.15, 0.2) is 0 Å². The Labute approximate surface area is 118 Å². The Hall–Kier alpha value is -1.26. The van der Waals surface area contributed by atoms with E-state index in [1.807, 2.05) is 6.07 Å². The summed E-state index contributed by atoms with van der Waals surface area (Å²) in [6.07, 6.45) is 2.20. The maximum Gasteiger partial charge on any atom is 0.335 e. The highest BCUT2D eigenvalue weighted by molar-refractivity contribution is 6.33. The van der Waals surface area contributed by atoms with Crippen molar-refractivity contribution in [1.82, 2.24) is 4.90 Å². The number of carbonyl (C=O) groups is 1. The molecule has 0 unspecified atom stereocenters. The van der Waals surface area contributed by atoms with E-state index in [0.717, 1.165) is 31.6 Å². The Morgan fingerprint density at radius 3 is 2.47 bits per heavy atom. The molecular weight excluding hydrogens is 264 g/mol. The lowest BCUT2D eigenvalue weighted by Gasteiger charge is -2.36. The highest BCUT2D eigenvalue weighted by atomic mass is 35.5. The molecule has 0 aliphatic carbocycles. The molecule has 1 aromatic carbocycles. The van der Waals surface area contributed by atoms with Crippen LogP contribution in [0.2, 0.25) is 5.02 Å². The van der Waals surface area contributed by atoms with E-state index in [9.17, 15) is 4.79 Å². The van der Waals surface area contributed by atoms with E-state index in [4.69, 9.17) is 16.7 Å². The summed E-state index contributed by atoms with van der Waals surface area (Å²) >= 11 is 6.19. The van der Waals surface area contributed by atoms with Gasteiger partial charge in [-0.1, -0.05) is 11.6 Å². The first-order chi connectivity index (χ1) is 8.99. The molecule has 0 saturated carbocycles. The third-order valence-corrected chi connectivity index (χ3v) is 4.03. The Bertz CT molecular complexity index is 469. The number of piperidine rings is 1. The molecule has 1 aliphatic heterocycles.